The van der Waals surface area contributed by atoms with Gasteiger partial charge < -0.3 is 4.74 Å². The molecule has 1 amide bonds. The summed E-state index contributed by atoms with van der Waals surface area (Å²) in [5.41, 5.74) is 1.63. The second kappa shape index (κ2) is 7.30. The molecule has 0 aliphatic carbocycles. The summed E-state index contributed by atoms with van der Waals surface area (Å²) in [5.74, 6) is 0.338. The summed E-state index contributed by atoms with van der Waals surface area (Å²) in [6, 6.07) is 12.4. The minimum atomic E-state index is -0.372. The van der Waals surface area contributed by atoms with Crippen LogP contribution >= 0.6 is 22.9 Å². The molecule has 0 aliphatic heterocycles. The van der Waals surface area contributed by atoms with Gasteiger partial charge in [0.15, 0.2) is 5.13 Å². The average Bonchev–Trinajstić information content (AvgIpc) is 3.05. The molecule has 3 aromatic rings. The number of halogens is 1. The Balaban J connectivity index is 1.86. The molecule has 0 bridgehead atoms. The van der Waals surface area contributed by atoms with Crippen molar-refractivity contribution in [2.75, 3.05) is 12.4 Å². The van der Waals surface area contributed by atoms with E-state index in [4.69, 9.17) is 16.3 Å². The van der Waals surface area contributed by atoms with Crippen LogP contribution in [0.5, 0.6) is 5.75 Å². The molecule has 0 atom stereocenters. The van der Waals surface area contributed by atoms with Crippen molar-refractivity contribution in [2.24, 2.45) is 0 Å². The van der Waals surface area contributed by atoms with Crippen molar-refractivity contribution >= 4 is 34.0 Å². The van der Waals surface area contributed by atoms with Gasteiger partial charge in [0, 0.05) is 11.8 Å². The van der Waals surface area contributed by atoms with Crippen LogP contribution in [-0.4, -0.2) is 23.0 Å². The number of carbonyl (C=O) groups is 1. The summed E-state index contributed by atoms with van der Waals surface area (Å²) in [6.45, 7) is 0. The lowest BCUT2D eigenvalue weighted by Crippen LogP contribution is -2.11. The lowest BCUT2D eigenvalue weighted by molar-refractivity contribution is 0.102. The average molecular weight is 371 g/mol. The lowest BCUT2D eigenvalue weighted by atomic mass is 10.1. The standard InChI is InChI=1S/C17H11ClN4O2S/c1-24-12-5-2-10(3-6-12)15-13(8-19)25-17(21-15)22-16(23)11-4-7-14(18)20-9-11/h2-7,9H,1H3,(H,21,22,23). The zero-order valence-corrected chi connectivity index (χ0v) is 14.6. The normalized spacial score (nSPS) is 10.1. The Morgan fingerprint density at radius 1 is 1.28 bits per heavy atom. The van der Waals surface area contributed by atoms with Gasteiger partial charge in [0.1, 0.15) is 27.5 Å². The van der Waals surface area contributed by atoms with Crippen LogP contribution in [0.1, 0.15) is 15.2 Å². The Morgan fingerprint density at radius 2 is 2.04 bits per heavy atom. The molecule has 25 heavy (non-hydrogen) atoms. The molecule has 0 aliphatic rings. The number of hydrogen-bond donors (Lipinski definition) is 1. The Morgan fingerprint density at radius 3 is 2.64 bits per heavy atom. The van der Waals surface area contributed by atoms with E-state index in [1.165, 1.54) is 12.3 Å². The van der Waals surface area contributed by atoms with Gasteiger partial charge in [-0.3, -0.25) is 10.1 Å². The highest BCUT2D eigenvalue weighted by molar-refractivity contribution is 7.16. The number of hydrogen-bond acceptors (Lipinski definition) is 6. The number of ether oxygens (including phenoxy) is 1. The molecule has 2 aromatic heterocycles. The van der Waals surface area contributed by atoms with Gasteiger partial charge in [-0.1, -0.05) is 22.9 Å². The Hall–Kier alpha value is -2.95. The topological polar surface area (TPSA) is 87.9 Å². The summed E-state index contributed by atoms with van der Waals surface area (Å²) in [7, 11) is 1.58. The predicted octanol–water partition coefficient (Wildman–Crippen LogP) is 3.99. The first-order chi connectivity index (χ1) is 12.1. The Kier molecular flexibility index (Phi) is 4.93. The number of nitriles is 1. The maximum absolute atomic E-state index is 12.2. The third-order valence-electron chi connectivity index (χ3n) is 3.30. The van der Waals surface area contributed by atoms with E-state index in [1.54, 1.807) is 25.3 Å². The molecular formula is C17H11ClN4O2S. The maximum Gasteiger partial charge on any atom is 0.259 e. The van der Waals surface area contributed by atoms with Crippen molar-refractivity contribution in [3.05, 3.63) is 58.2 Å². The molecular weight excluding hydrogens is 360 g/mol. The fourth-order valence-corrected chi connectivity index (χ4v) is 2.96. The van der Waals surface area contributed by atoms with E-state index < -0.39 is 0 Å². The molecule has 0 saturated carbocycles. The van der Waals surface area contributed by atoms with E-state index in [1.807, 2.05) is 12.1 Å². The van der Waals surface area contributed by atoms with Crippen molar-refractivity contribution < 1.29 is 9.53 Å². The van der Waals surface area contributed by atoms with Gasteiger partial charge in [-0.2, -0.15) is 5.26 Å². The highest BCUT2D eigenvalue weighted by atomic mass is 35.5. The van der Waals surface area contributed by atoms with E-state index >= 15 is 0 Å². The molecule has 1 N–H and O–H groups in total. The van der Waals surface area contributed by atoms with Gasteiger partial charge in [0.25, 0.3) is 5.91 Å². The first kappa shape index (κ1) is 16.9. The Bertz CT molecular complexity index is 946. The number of benzene rings is 1. The highest BCUT2D eigenvalue weighted by Gasteiger charge is 2.16. The summed E-state index contributed by atoms with van der Waals surface area (Å²) >= 11 is 6.82. The number of amides is 1. The molecule has 0 unspecified atom stereocenters. The fourth-order valence-electron chi connectivity index (χ4n) is 2.07. The van der Waals surface area contributed by atoms with Crippen LogP contribution in [0, 0.1) is 11.3 Å². The van der Waals surface area contributed by atoms with E-state index in [0.717, 1.165) is 16.9 Å². The first-order valence-electron chi connectivity index (χ1n) is 7.09. The predicted molar refractivity (Wildman–Crippen MR) is 96.0 cm³/mol. The van der Waals surface area contributed by atoms with E-state index in [2.05, 4.69) is 21.4 Å². The number of carbonyl (C=O) groups excluding carboxylic acids is 1. The van der Waals surface area contributed by atoms with Crippen molar-refractivity contribution in [2.45, 2.75) is 0 Å². The van der Waals surface area contributed by atoms with Crippen LogP contribution < -0.4 is 10.1 Å². The molecule has 0 radical (unpaired) electrons. The van der Waals surface area contributed by atoms with Crippen LogP contribution in [0.2, 0.25) is 5.15 Å². The van der Waals surface area contributed by atoms with Crippen LogP contribution in [0.3, 0.4) is 0 Å². The van der Waals surface area contributed by atoms with Crippen molar-refractivity contribution in [3.8, 4) is 23.1 Å². The largest absolute Gasteiger partial charge is 0.497 e. The van der Waals surface area contributed by atoms with Crippen LogP contribution in [0.4, 0.5) is 5.13 Å². The molecule has 2 heterocycles. The van der Waals surface area contributed by atoms with E-state index in [9.17, 15) is 10.1 Å². The molecule has 124 valence electrons. The molecule has 8 heteroatoms. The minimum Gasteiger partial charge on any atom is -0.497 e. The molecule has 1 aromatic carbocycles. The van der Waals surface area contributed by atoms with Gasteiger partial charge in [-0.15, -0.1) is 0 Å². The zero-order chi connectivity index (χ0) is 17.8. The quantitative estimate of drug-likeness (QED) is 0.701. The molecule has 0 spiro atoms. The number of nitrogens with zero attached hydrogens (tertiary/aromatic N) is 3. The number of rotatable bonds is 4. The smallest absolute Gasteiger partial charge is 0.259 e. The van der Waals surface area contributed by atoms with Crippen molar-refractivity contribution in [3.63, 3.8) is 0 Å². The second-order valence-electron chi connectivity index (χ2n) is 4.86. The van der Waals surface area contributed by atoms with Crippen molar-refractivity contribution in [1.82, 2.24) is 9.97 Å². The molecule has 0 fully saturated rings. The first-order valence-corrected chi connectivity index (χ1v) is 8.28. The van der Waals surface area contributed by atoms with Gasteiger partial charge >= 0.3 is 0 Å². The number of pyridine rings is 1. The fraction of sp³-hybridized carbons (Fsp3) is 0.0588. The summed E-state index contributed by atoms with van der Waals surface area (Å²) in [4.78, 5) is 20.9. The number of thiazole rings is 1. The maximum atomic E-state index is 12.2. The number of aromatic nitrogens is 2. The second-order valence-corrected chi connectivity index (χ2v) is 6.25. The van der Waals surface area contributed by atoms with E-state index in [-0.39, 0.29) is 5.91 Å². The van der Waals surface area contributed by atoms with Crippen LogP contribution in [0.15, 0.2) is 42.6 Å². The van der Waals surface area contributed by atoms with Crippen LogP contribution in [0.25, 0.3) is 11.3 Å². The lowest BCUT2D eigenvalue weighted by Gasteiger charge is -2.02. The van der Waals surface area contributed by atoms with Gasteiger partial charge in [0.05, 0.1) is 12.7 Å². The third-order valence-corrected chi connectivity index (χ3v) is 4.40. The van der Waals surface area contributed by atoms with E-state index in [0.29, 0.717) is 32.2 Å². The Labute approximate surface area is 152 Å². The summed E-state index contributed by atoms with van der Waals surface area (Å²) in [6.07, 6.45) is 1.38. The number of anilines is 1. The zero-order valence-electron chi connectivity index (χ0n) is 13.0. The SMILES string of the molecule is COc1ccc(-c2nc(NC(=O)c3ccc(Cl)nc3)sc2C#N)cc1. The molecule has 3 rings (SSSR count). The molecule has 6 nitrogen and oxygen atoms in total. The van der Waals surface area contributed by atoms with Crippen molar-refractivity contribution in [1.29, 1.82) is 5.26 Å². The summed E-state index contributed by atoms with van der Waals surface area (Å²) < 4.78 is 5.12. The number of methoxy groups -OCH3 is 1. The molecule has 0 saturated heterocycles. The van der Waals surface area contributed by atoms with Gasteiger partial charge in [-0.25, -0.2) is 9.97 Å². The number of nitrogens with one attached hydrogen (secondary N) is 1. The highest BCUT2D eigenvalue weighted by Crippen LogP contribution is 2.31. The van der Waals surface area contributed by atoms with Gasteiger partial charge in [-0.05, 0) is 36.4 Å². The minimum absolute atomic E-state index is 0.305. The third kappa shape index (κ3) is 3.76. The summed E-state index contributed by atoms with van der Waals surface area (Å²) in [5, 5.41) is 12.6. The van der Waals surface area contributed by atoms with Crippen LogP contribution in [-0.2, 0) is 0 Å². The van der Waals surface area contributed by atoms with Gasteiger partial charge in [0.2, 0.25) is 0 Å². The monoisotopic (exact) mass is 370 g/mol.